The molecular weight excluding hydrogens is 346 g/mol. The Morgan fingerprint density at radius 1 is 1.00 bits per heavy atom. The highest BCUT2D eigenvalue weighted by atomic mass is 32.2. The molecule has 0 aromatic heterocycles. The number of thiocarbonyl (C=S) groups is 1. The Hall–Kier alpha value is -1.72. The van der Waals surface area contributed by atoms with E-state index < -0.39 is 0 Å². The molecule has 0 saturated carbocycles. The van der Waals surface area contributed by atoms with Gasteiger partial charge in [0.15, 0.2) is 5.11 Å². The molecule has 25 heavy (non-hydrogen) atoms. The predicted molar refractivity (Wildman–Crippen MR) is 113 cm³/mol. The highest BCUT2D eigenvalue weighted by Crippen LogP contribution is 2.21. The molecule has 1 fully saturated rings. The van der Waals surface area contributed by atoms with E-state index in [1.165, 1.54) is 16.1 Å². The summed E-state index contributed by atoms with van der Waals surface area (Å²) in [5.74, 6) is 1.02. The van der Waals surface area contributed by atoms with E-state index in [4.69, 9.17) is 12.2 Å². The summed E-state index contributed by atoms with van der Waals surface area (Å²) in [6, 6.07) is 19.1. The Bertz CT molecular complexity index is 682. The summed E-state index contributed by atoms with van der Waals surface area (Å²) >= 11 is 7.43. The number of rotatable bonds is 5. The lowest BCUT2D eigenvalue weighted by atomic mass is 10.1. The molecule has 2 aromatic carbocycles. The first-order chi connectivity index (χ1) is 12.2. The van der Waals surface area contributed by atoms with E-state index in [-0.39, 0.29) is 0 Å². The Morgan fingerprint density at radius 3 is 2.40 bits per heavy atom. The fraction of sp³-hybridized carbons (Fsp3) is 0.350. The molecule has 1 aliphatic heterocycles. The van der Waals surface area contributed by atoms with Crippen molar-refractivity contribution in [2.24, 2.45) is 0 Å². The first-order valence-electron chi connectivity index (χ1n) is 8.75. The number of hydrogen-bond acceptors (Lipinski definition) is 3. The molecule has 0 unspecified atom stereocenters. The molecule has 0 amide bonds. The molecule has 0 bridgehead atoms. The molecule has 1 saturated heterocycles. The number of anilines is 1. The molecule has 0 aliphatic carbocycles. The van der Waals surface area contributed by atoms with Gasteiger partial charge in [0.25, 0.3) is 0 Å². The van der Waals surface area contributed by atoms with Gasteiger partial charge in [-0.2, -0.15) is 0 Å². The van der Waals surface area contributed by atoms with Gasteiger partial charge in [0.1, 0.15) is 0 Å². The summed E-state index contributed by atoms with van der Waals surface area (Å²) in [5.41, 5.74) is 2.69. The zero-order valence-corrected chi connectivity index (χ0v) is 16.3. The number of nitrogens with zero attached hydrogens (tertiary/aromatic N) is 2. The second-order valence-electron chi connectivity index (χ2n) is 6.15. The summed E-state index contributed by atoms with van der Waals surface area (Å²) in [4.78, 5) is 6.05. The summed E-state index contributed by atoms with van der Waals surface area (Å²) in [6.45, 7) is 7.07. The third-order valence-corrected chi connectivity index (χ3v) is 5.83. The van der Waals surface area contributed by atoms with E-state index in [1.807, 2.05) is 17.8 Å². The second kappa shape index (κ2) is 9.11. The molecule has 1 aliphatic rings. The number of benzene rings is 2. The Balaban J connectivity index is 1.39. The minimum Gasteiger partial charge on any atom is -0.368 e. The van der Waals surface area contributed by atoms with Gasteiger partial charge >= 0.3 is 0 Å². The molecule has 1 N–H and O–H groups in total. The van der Waals surface area contributed by atoms with Gasteiger partial charge in [-0.15, -0.1) is 11.8 Å². The Kier molecular flexibility index (Phi) is 6.59. The van der Waals surface area contributed by atoms with Crippen LogP contribution >= 0.6 is 24.0 Å². The Morgan fingerprint density at radius 2 is 1.68 bits per heavy atom. The maximum absolute atomic E-state index is 5.57. The number of hydrogen-bond donors (Lipinski definition) is 1. The van der Waals surface area contributed by atoms with E-state index in [1.54, 1.807) is 0 Å². The number of nitrogens with one attached hydrogen (secondary N) is 1. The van der Waals surface area contributed by atoms with Crippen LogP contribution in [0.3, 0.4) is 0 Å². The van der Waals surface area contributed by atoms with Crippen LogP contribution in [0.1, 0.15) is 5.56 Å². The summed E-state index contributed by atoms with van der Waals surface area (Å²) in [7, 11) is 0. The average Bonchev–Trinajstić information content (AvgIpc) is 2.66. The third kappa shape index (κ3) is 5.13. The van der Waals surface area contributed by atoms with Gasteiger partial charge in [0, 0.05) is 49.1 Å². The molecule has 3 nitrogen and oxygen atoms in total. The quantitative estimate of drug-likeness (QED) is 0.488. The van der Waals surface area contributed by atoms with E-state index in [2.05, 4.69) is 70.6 Å². The van der Waals surface area contributed by atoms with Crippen molar-refractivity contribution in [1.29, 1.82) is 0 Å². The topological polar surface area (TPSA) is 18.5 Å². The number of thioether (sulfide) groups is 1. The molecular formula is C20H25N3S2. The van der Waals surface area contributed by atoms with Crippen LogP contribution in [-0.4, -0.2) is 48.5 Å². The molecule has 3 rings (SSSR count). The molecule has 0 atom stereocenters. The van der Waals surface area contributed by atoms with Crippen LogP contribution in [0.4, 0.5) is 5.69 Å². The van der Waals surface area contributed by atoms with E-state index in [0.29, 0.717) is 0 Å². The van der Waals surface area contributed by atoms with Crippen molar-refractivity contribution < 1.29 is 0 Å². The molecule has 1 heterocycles. The number of piperazine rings is 1. The highest BCUT2D eigenvalue weighted by molar-refractivity contribution is 7.99. The van der Waals surface area contributed by atoms with Gasteiger partial charge in [-0.1, -0.05) is 36.4 Å². The number of aryl methyl sites for hydroxylation is 1. The normalized spacial score (nSPS) is 14.4. The standard InChI is InChI=1S/C20H25N3S2/c1-17-7-5-6-10-19(17)22-12-14-23(15-13-22)20(24)21-11-16-25-18-8-3-2-4-9-18/h2-10H,11-16H2,1H3,(H,21,24). The molecule has 5 heteroatoms. The monoisotopic (exact) mass is 371 g/mol. The lowest BCUT2D eigenvalue weighted by Crippen LogP contribution is -2.52. The van der Waals surface area contributed by atoms with Crippen molar-refractivity contribution in [3.05, 3.63) is 60.2 Å². The first kappa shape index (κ1) is 18.1. The fourth-order valence-electron chi connectivity index (χ4n) is 3.02. The van der Waals surface area contributed by atoms with E-state index >= 15 is 0 Å². The van der Waals surface area contributed by atoms with Gasteiger partial charge in [-0.3, -0.25) is 0 Å². The van der Waals surface area contributed by atoms with Crippen LogP contribution < -0.4 is 10.2 Å². The second-order valence-corrected chi connectivity index (χ2v) is 7.71. The molecule has 2 aromatic rings. The van der Waals surface area contributed by atoms with Gasteiger partial charge in [0.2, 0.25) is 0 Å². The van der Waals surface area contributed by atoms with Crippen molar-refractivity contribution >= 4 is 34.8 Å². The van der Waals surface area contributed by atoms with Gasteiger partial charge in [-0.05, 0) is 42.9 Å². The summed E-state index contributed by atoms with van der Waals surface area (Å²) < 4.78 is 0. The smallest absolute Gasteiger partial charge is 0.169 e. The zero-order valence-electron chi connectivity index (χ0n) is 14.6. The van der Waals surface area contributed by atoms with Crippen LogP contribution in [0, 0.1) is 6.92 Å². The fourth-order valence-corrected chi connectivity index (χ4v) is 4.10. The van der Waals surface area contributed by atoms with Gasteiger partial charge in [-0.25, -0.2) is 0 Å². The first-order valence-corrected chi connectivity index (χ1v) is 10.1. The third-order valence-electron chi connectivity index (χ3n) is 4.41. The lowest BCUT2D eigenvalue weighted by Gasteiger charge is -2.38. The number of para-hydroxylation sites is 1. The zero-order chi connectivity index (χ0) is 17.5. The van der Waals surface area contributed by atoms with Crippen LogP contribution in [0.5, 0.6) is 0 Å². The van der Waals surface area contributed by atoms with E-state index in [9.17, 15) is 0 Å². The lowest BCUT2D eigenvalue weighted by molar-refractivity contribution is 0.381. The maximum atomic E-state index is 5.57. The highest BCUT2D eigenvalue weighted by Gasteiger charge is 2.19. The minimum atomic E-state index is 0.887. The van der Waals surface area contributed by atoms with Crippen LogP contribution in [-0.2, 0) is 0 Å². The molecule has 132 valence electrons. The van der Waals surface area contributed by atoms with Crippen LogP contribution in [0.15, 0.2) is 59.5 Å². The van der Waals surface area contributed by atoms with Gasteiger partial charge in [0.05, 0.1) is 0 Å². The van der Waals surface area contributed by atoms with Crippen molar-refractivity contribution in [3.8, 4) is 0 Å². The van der Waals surface area contributed by atoms with Crippen molar-refractivity contribution in [1.82, 2.24) is 10.2 Å². The summed E-state index contributed by atoms with van der Waals surface area (Å²) in [5, 5.41) is 4.29. The van der Waals surface area contributed by atoms with Crippen LogP contribution in [0.2, 0.25) is 0 Å². The maximum Gasteiger partial charge on any atom is 0.169 e. The van der Waals surface area contributed by atoms with Gasteiger partial charge < -0.3 is 15.1 Å². The minimum absolute atomic E-state index is 0.887. The average molecular weight is 372 g/mol. The van der Waals surface area contributed by atoms with Crippen LogP contribution in [0.25, 0.3) is 0 Å². The molecule has 0 spiro atoms. The molecule has 0 radical (unpaired) electrons. The summed E-state index contributed by atoms with van der Waals surface area (Å²) in [6.07, 6.45) is 0. The van der Waals surface area contributed by atoms with Crippen molar-refractivity contribution in [2.45, 2.75) is 11.8 Å². The SMILES string of the molecule is Cc1ccccc1N1CCN(C(=S)NCCSc2ccccc2)CC1. The largest absolute Gasteiger partial charge is 0.368 e. The van der Waals surface area contributed by atoms with E-state index in [0.717, 1.165) is 43.6 Å². The van der Waals surface area contributed by atoms with Crippen molar-refractivity contribution in [2.75, 3.05) is 43.4 Å². The predicted octanol–water partition coefficient (Wildman–Crippen LogP) is 3.78. The Labute approximate surface area is 160 Å². The van der Waals surface area contributed by atoms with Crippen molar-refractivity contribution in [3.63, 3.8) is 0 Å².